The molecule has 0 aromatic heterocycles. The molecule has 6 heteroatoms. The molecule has 0 aliphatic heterocycles. The van der Waals surface area contributed by atoms with Gasteiger partial charge in [-0.15, -0.1) is 0 Å². The fourth-order valence-electron chi connectivity index (χ4n) is 3.25. The molecular formula is C23H29NO5. The summed E-state index contributed by atoms with van der Waals surface area (Å²) >= 11 is 0. The molecule has 0 heterocycles. The molecule has 0 aliphatic rings. The summed E-state index contributed by atoms with van der Waals surface area (Å²) in [6.45, 7) is 3.73. The summed E-state index contributed by atoms with van der Waals surface area (Å²) in [7, 11) is 1.30. The zero-order chi connectivity index (χ0) is 21.2. The molecule has 4 atom stereocenters. The summed E-state index contributed by atoms with van der Waals surface area (Å²) in [6.07, 6.45) is -1.02. The standard InChI is InChI=1S/C23H29NO5/c1-16(22(26)28-3)21(24-14-18-10-6-4-7-11-18)20(17(2)25)23(27)29-15-19-12-8-5-9-13-19/h4-13,16-17,20-21,24-25H,14-15H2,1-3H3/t16-,17+,20-,21-/m1/s1. The van der Waals surface area contributed by atoms with Crippen LogP contribution in [0, 0.1) is 11.8 Å². The molecule has 0 saturated heterocycles. The summed E-state index contributed by atoms with van der Waals surface area (Å²) in [5, 5.41) is 13.6. The van der Waals surface area contributed by atoms with Crippen molar-refractivity contribution in [2.24, 2.45) is 11.8 Å². The molecule has 0 fully saturated rings. The summed E-state index contributed by atoms with van der Waals surface area (Å²) in [5.41, 5.74) is 1.84. The first-order valence-electron chi connectivity index (χ1n) is 9.67. The fourth-order valence-corrected chi connectivity index (χ4v) is 3.25. The van der Waals surface area contributed by atoms with E-state index in [2.05, 4.69) is 5.32 Å². The largest absolute Gasteiger partial charge is 0.469 e. The van der Waals surface area contributed by atoms with Gasteiger partial charge in [0.15, 0.2) is 0 Å². The number of hydrogen-bond acceptors (Lipinski definition) is 6. The first kappa shape index (κ1) is 22.6. The second kappa shape index (κ2) is 11.3. The molecule has 0 unspecified atom stereocenters. The van der Waals surface area contributed by atoms with E-state index in [0.717, 1.165) is 11.1 Å². The highest BCUT2D eigenvalue weighted by Gasteiger charge is 2.39. The van der Waals surface area contributed by atoms with Crippen LogP contribution >= 0.6 is 0 Å². The minimum absolute atomic E-state index is 0.0981. The molecule has 0 spiro atoms. The predicted molar refractivity (Wildman–Crippen MR) is 110 cm³/mol. The molecule has 2 rings (SSSR count). The number of ether oxygens (including phenoxy) is 2. The van der Waals surface area contributed by atoms with Crippen LogP contribution < -0.4 is 5.32 Å². The van der Waals surface area contributed by atoms with E-state index in [-0.39, 0.29) is 6.61 Å². The third-order valence-electron chi connectivity index (χ3n) is 4.90. The predicted octanol–water partition coefficient (Wildman–Crippen LogP) is 2.69. The van der Waals surface area contributed by atoms with Crippen molar-refractivity contribution >= 4 is 11.9 Å². The highest BCUT2D eigenvalue weighted by atomic mass is 16.5. The fraction of sp³-hybridized carbons (Fsp3) is 0.391. The molecule has 0 aliphatic carbocycles. The molecule has 6 nitrogen and oxygen atoms in total. The van der Waals surface area contributed by atoms with Gasteiger partial charge in [-0.1, -0.05) is 67.6 Å². The summed E-state index contributed by atoms with van der Waals surface area (Å²) < 4.78 is 10.3. The third-order valence-corrected chi connectivity index (χ3v) is 4.90. The van der Waals surface area contributed by atoms with Crippen molar-refractivity contribution in [3.63, 3.8) is 0 Å². The van der Waals surface area contributed by atoms with E-state index in [1.54, 1.807) is 6.92 Å². The molecule has 0 saturated carbocycles. The Hall–Kier alpha value is -2.70. The lowest BCUT2D eigenvalue weighted by Gasteiger charge is -2.32. The van der Waals surface area contributed by atoms with Crippen LogP contribution in [0.4, 0.5) is 0 Å². The maximum absolute atomic E-state index is 12.9. The van der Waals surface area contributed by atoms with Crippen LogP contribution in [-0.4, -0.2) is 36.3 Å². The zero-order valence-corrected chi connectivity index (χ0v) is 17.1. The van der Waals surface area contributed by atoms with Crippen molar-refractivity contribution in [2.75, 3.05) is 7.11 Å². The minimum Gasteiger partial charge on any atom is -0.469 e. The van der Waals surface area contributed by atoms with Crippen LogP contribution in [0.25, 0.3) is 0 Å². The third kappa shape index (κ3) is 6.69. The second-order valence-corrected chi connectivity index (χ2v) is 7.06. The van der Waals surface area contributed by atoms with E-state index < -0.39 is 35.9 Å². The highest BCUT2D eigenvalue weighted by Crippen LogP contribution is 2.22. The summed E-state index contributed by atoms with van der Waals surface area (Å²) in [6, 6.07) is 18.3. The molecule has 2 N–H and O–H groups in total. The Morgan fingerprint density at radius 1 is 0.931 bits per heavy atom. The van der Waals surface area contributed by atoms with Gasteiger partial charge in [0.2, 0.25) is 0 Å². The number of aliphatic hydroxyl groups is 1. The monoisotopic (exact) mass is 399 g/mol. The van der Waals surface area contributed by atoms with E-state index in [0.29, 0.717) is 6.54 Å². The van der Waals surface area contributed by atoms with Gasteiger partial charge in [-0.2, -0.15) is 0 Å². The van der Waals surface area contributed by atoms with Crippen molar-refractivity contribution in [3.05, 3.63) is 71.8 Å². The van der Waals surface area contributed by atoms with Crippen molar-refractivity contribution < 1.29 is 24.2 Å². The lowest BCUT2D eigenvalue weighted by Crippen LogP contribution is -2.51. The Kier molecular flexibility index (Phi) is 8.83. The summed E-state index contributed by atoms with van der Waals surface area (Å²) in [4.78, 5) is 25.0. The van der Waals surface area contributed by atoms with Gasteiger partial charge < -0.3 is 19.9 Å². The van der Waals surface area contributed by atoms with Gasteiger partial charge in [-0.05, 0) is 18.1 Å². The molecule has 29 heavy (non-hydrogen) atoms. The van der Waals surface area contributed by atoms with Crippen molar-refractivity contribution in [2.45, 2.75) is 39.1 Å². The lowest BCUT2D eigenvalue weighted by molar-refractivity contribution is -0.158. The van der Waals surface area contributed by atoms with Crippen molar-refractivity contribution in [3.8, 4) is 0 Å². The Bertz CT molecular complexity index is 763. The Morgan fingerprint density at radius 3 is 2.00 bits per heavy atom. The van der Waals surface area contributed by atoms with Crippen LogP contribution in [0.2, 0.25) is 0 Å². The van der Waals surface area contributed by atoms with Crippen molar-refractivity contribution in [1.29, 1.82) is 0 Å². The minimum atomic E-state index is -1.02. The van der Waals surface area contributed by atoms with Gasteiger partial charge in [0.05, 0.1) is 25.0 Å². The molecular weight excluding hydrogens is 370 g/mol. The maximum atomic E-state index is 12.9. The Labute approximate surface area is 171 Å². The average molecular weight is 399 g/mol. The number of esters is 2. The normalized spacial score (nSPS) is 15.0. The quantitative estimate of drug-likeness (QED) is 0.598. The number of methoxy groups -OCH3 is 1. The van der Waals surface area contributed by atoms with Crippen LogP contribution in [0.1, 0.15) is 25.0 Å². The second-order valence-electron chi connectivity index (χ2n) is 7.06. The summed E-state index contributed by atoms with van der Waals surface area (Å²) in [5.74, 6) is -2.62. The Balaban J connectivity index is 2.17. The number of aliphatic hydroxyl groups excluding tert-OH is 1. The van der Waals surface area contributed by atoms with Crippen LogP contribution in [0.15, 0.2) is 60.7 Å². The topological polar surface area (TPSA) is 84.9 Å². The van der Waals surface area contributed by atoms with Gasteiger partial charge in [0, 0.05) is 12.6 Å². The van der Waals surface area contributed by atoms with Crippen LogP contribution in [0.3, 0.4) is 0 Å². The van der Waals surface area contributed by atoms with Gasteiger partial charge in [-0.25, -0.2) is 0 Å². The number of hydrogen-bond donors (Lipinski definition) is 2. The van der Waals surface area contributed by atoms with E-state index in [1.165, 1.54) is 14.0 Å². The van der Waals surface area contributed by atoms with E-state index >= 15 is 0 Å². The van der Waals surface area contributed by atoms with Gasteiger partial charge in [-0.3, -0.25) is 9.59 Å². The molecule has 2 aromatic rings. The molecule has 0 bridgehead atoms. The number of rotatable bonds is 10. The van der Waals surface area contributed by atoms with E-state index in [4.69, 9.17) is 9.47 Å². The lowest BCUT2D eigenvalue weighted by atomic mass is 9.85. The van der Waals surface area contributed by atoms with Crippen molar-refractivity contribution in [1.82, 2.24) is 5.32 Å². The Morgan fingerprint density at radius 2 is 1.48 bits per heavy atom. The van der Waals surface area contributed by atoms with E-state index in [1.807, 2.05) is 60.7 Å². The van der Waals surface area contributed by atoms with Crippen LogP contribution in [0.5, 0.6) is 0 Å². The van der Waals surface area contributed by atoms with E-state index in [9.17, 15) is 14.7 Å². The number of carbonyl (C=O) groups is 2. The first-order valence-corrected chi connectivity index (χ1v) is 9.67. The number of nitrogens with one attached hydrogen (secondary N) is 1. The molecule has 0 radical (unpaired) electrons. The average Bonchev–Trinajstić information content (AvgIpc) is 2.75. The maximum Gasteiger partial charge on any atom is 0.313 e. The highest BCUT2D eigenvalue weighted by molar-refractivity contribution is 5.78. The molecule has 0 amide bonds. The molecule has 156 valence electrons. The molecule has 2 aromatic carbocycles. The smallest absolute Gasteiger partial charge is 0.313 e. The zero-order valence-electron chi connectivity index (χ0n) is 17.1. The number of benzene rings is 2. The van der Waals surface area contributed by atoms with Crippen LogP contribution in [-0.2, 0) is 32.2 Å². The van der Waals surface area contributed by atoms with Gasteiger partial charge in [0.1, 0.15) is 6.61 Å². The van der Waals surface area contributed by atoms with Gasteiger partial charge in [0.25, 0.3) is 0 Å². The first-order chi connectivity index (χ1) is 13.9. The SMILES string of the molecule is COC(=O)[C@H](C)[C@@H](NCc1ccccc1)[C@H](C(=O)OCc1ccccc1)[C@H](C)O. The van der Waals surface area contributed by atoms with Gasteiger partial charge >= 0.3 is 11.9 Å². The number of carbonyl (C=O) groups excluding carboxylic acids is 2.